The average molecular weight is 282 g/mol. The van der Waals surface area contributed by atoms with E-state index in [0.29, 0.717) is 23.6 Å². The van der Waals surface area contributed by atoms with Crippen molar-refractivity contribution in [2.45, 2.75) is 78.0 Å². The highest BCUT2D eigenvalue weighted by Crippen LogP contribution is 2.30. The molecule has 0 aromatic heterocycles. The van der Waals surface area contributed by atoms with Crippen LogP contribution in [0.3, 0.4) is 0 Å². The van der Waals surface area contributed by atoms with Gasteiger partial charge in [-0.25, -0.2) is 0 Å². The summed E-state index contributed by atoms with van der Waals surface area (Å²) >= 11 is 0. The van der Waals surface area contributed by atoms with Crippen LogP contribution in [0.15, 0.2) is 0 Å². The van der Waals surface area contributed by atoms with Crippen LogP contribution in [0.5, 0.6) is 0 Å². The second-order valence-corrected chi connectivity index (χ2v) is 7.63. The predicted octanol–water partition coefficient (Wildman–Crippen LogP) is 3.04. The summed E-state index contributed by atoms with van der Waals surface area (Å²) in [6.07, 6.45) is 7.04. The van der Waals surface area contributed by atoms with Gasteiger partial charge in [-0.05, 0) is 31.2 Å². The van der Waals surface area contributed by atoms with Gasteiger partial charge in [0.2, 0.25) is 0 Å². The van der Waals surface area contributed by atoms with Crippen LogP contribution in [0, 0.1) is 5.41 Å². The number of fused-ring (bicyclic) bond motifs is 1. The lowest BCUT2D eigenvalue weighted by Crippen LogP contribution is -2.58. The Hall–Kier alpha value is -0.120. The fourth-order valence-electron chi connectivity index (χ4n) is 3.60. The van der Waals surface area contributed by atoms with Gasteiger partial charge < -0.3 is 10.1 Å². The first-order chi connectivity index (χ1) is 9.52. The van der Waals surface area contributed by atoms with Crippen LogP contribution in [-0.2, 0) is 4.74 Å². The van der Waals surface area contributed by atoms with Crippen molar-refractivity contribution in [2.24, 2.45) is 5.41 Å². The number of hydrogen-bond donors (Lipinski definition) is 1. The van der Waals surface area contributed by atoms with Crippen molar-refractivity contribution in [2.75, 3.05) is 26.2 Å². The molecule has 0 bridgehead atoms. The van der Waals surface area contributed by atoms with Gasteiger partial charge in [0.25, 0.3) is 0 Å². The molecule has 1 N–H and O–H groups in total. The van der Waals surface area contributed by atoms with Crippen molar-refractivity contribution in [3.8, 4) is 0 Å². The zero-order chi connectivity index (χ0) is 14.6. The van der Waals surface area contributed by atoms with Crippen LogP contribution in [0.2, 0.25) is 0 Å². The molecule has 1 saturated carbocycles. The summed E-state index contributed by atoms with van der Waals surface area (Å²) in [6.45, 7) is 13.7. The van der Waals surface area contributed by atoms with E-state index >= 15 is 0 Å². The summed E-state index contributed by atoms with van der Waals surface area (Å²) in [5, 5.41) is 3.77. The molecule has 2 rings (SSSR count). The summed E-state index contributed by atoms with van der Waals surface area (Å²) in [7, 11) is 0. The fraction of sp³-hybridized carbons (Fsp3) is 1.00. The highest BCUT2D eigenvalue weighted by atomic mass is 16.5. The van der Waals surface area contributed by atoms with E-state index in [1.54, 1.807) is 0 Å². The van der Waals surface area contributed by atoms with Crippen molar-refractivity contribution in [1.82, 2.24) is 10.2 Å². The van der Waals surface area contributed by atoms with Gasteiger partial charge in [-0.2, -0.15) is 0 Å². The molecular formula is C17H34N2O. The maximum Gasteiger partial charge on any atom is 0.0730 e. The Morgan fingerprint density at radius 3 is 2.70 bits per heavy atom. The number of hydrogen-bond acceptors (Lipinski definition) is 3. The monoisotopic (exact) mass is 282 g/mol. The molecule has 2 aliphatic rings. The molecule has 0 amide bonds. The molecule has 0 aromatic carbocycles. The Morgan fingerprint density at radius 2 is 2.00 bits per heavy atom. The van der Waals surface area contributed by atoms with E-state index in [9.17, 15) is 0 Å². The fourth-order valence-corrected chi connectivity index (χ4v) is 3.60. The van der Waals surface area contributed by atoms with Gasteiger partial charge in [0.1, 0.15) is 0 Å². The van der Waals surface area contributed by atoms with Crippen LogP contribution in [0.25, 0.3) is 0 Å². The Kier molecular flexibility index (Phi) is 5.88. The molecule has 0 spiro atoms. The van der Waals surface area contributed by atoms with Gasteiger partial charge in [-0.15, -0.1) is 0 Å². The van der Waals surface area contributed by atoms with Crippen LogP contribution in [-0.4, -0.2) is 49.3 Å². The standard InChI is InChI=1S/C17H34N2O/c1-5-10-18-16(17(2,3)4)13-19-11-12-20-15-9-7-6-8-14(15)19/h14-16,18H,5-13H2,1-4H3. The highest BCUT2D eigenvalue weighted by Gasteiger charge is 2.36. The van der Waals surface area contributed by atoms with Gasteiger partial charge in [0.05, 0.1) is 12.7 Å². The highest BCUT2D eigenvalue weighted by molar-refractivity contribution is 4.91. The quantitative estimate of drug-likeness (QED) is 0.839. The minimum Gasteiger partial charge on any atom is -0.375 e. The van der Waals surface area contributed by atoms with Crippen molar-refractivity contribution in [3.63, 3.8) is 0 Å². The van der Waals surface area contributed by atoms with E-state index < -0.39 is 0 Å². The average Bonchev–Trinajstić information content (AvgIpc) is 2.42. The Morgan fingerprint density at radius 1 is 1.25 bits per heavy atom. The third-order valence-corrected chi connectivity index (χ3v) is 4.95. The van der Waals surface area contributed by atoms with E-state index in [-0.39, 0.29) is 0 Å². The van der Waals surface area contributed by atoms with Gasteiger partial charge >= 0.3 is 0 Å². The molecule has 0 aromatic rings. The molecular weight excluding hydrogens is 248 g/mol. The Labute approximate surface area is 125 Å². The lowest BCUT2D eigenvalue weighted by atomic mass is 9.84. The molecule has 118 valence electrons. The number of nitrogens with zero attached hydrogens (tertiary/aromatic N) is 1. The van der Waals surface area contributed by atoms with Gasteiger partial charge in [0.15, 0.2) is 0 Å². The van der Waals surface area contributed by atoms with E-state index in [0.717, 1.165) is 19.7 Å². The molecule has 1 heterocycles. The Balaban J connectivity index is 1.97. The first-order valence-corrected chi connectivity index (χ1v) is 8.61. The molecule has 1 aliphatic heterocycles. The Bertz CT molecular complexity index is 285. The number of ether oxygens (including phenoxy) is 1. The topological polar surface area (TPSA) is 24.5 Å². The summed E-state index contributed by atoms with van der Waals surface area (Å²) in [5.74, 6) is 0. The molecule has 3 nitrogen and oxygen atoms in total. The van der Waals surface area contributed by atoms with E-state index in [2.05, 4.69) is 37.9 Å². The molecule has 3 unspecified atom stereocenters. The smallest absolute Gasteiger partial charge is 0.0730 e. The SMILES string of the molecule is CCCNC(CN1CCOC2CCCCC21)C(C)(C)C. The summed E-state index contributed by atoms with van der Waals surface area (Å²) < 4.78 is 6.00. The van der Waals surface area contributed by atoms with Crippen LogP contribution < -0.4 is 5.32 Å². The van der Waals surface area contributed by atoms with Crippen molar-refractivity contribution in [1.29, 1.82) is 0 Å². The van der Waals surface area contributed by atoms with Crippen molar-refractivity contribution >= 4 is 0 Å². The normalized spacial score (nSPS) is 30.0. The summed E-state index contributed by atoms with van der Waals surface area (Å²) in [4.78, 5) is 2.71. The van der Waals surface area contributed by atoms with Crippen molar-refractivity contribution in [3.05, 3.63) is 0 Å². The molecule has 3 heteroatoms. The number of morpholine rings is 1. The van der Waals surface area contributed by atoms with Gasteiger partial charge in [-0.1, -0.05) is 40.5 Å². The second kappa shape index (κ2) is 7.24. The van der Waals surface area contributed by atoms with E-state index in [4.69, 9.17) is 4.74 Å². The zero-order valence-electron chi connectivity index (χ0n) is 14.0. The van der Waals surface area contributed by atoms with E-state index in [1.807, 2.05) is 0 Å². The molecule has 2 fully saturated rings. The molecule has 0 radical (unpaired) electrons. The predicted molar refractivity (Wildman–Crippen MR) is 85.1 cm³/mol. The largest absolute Gasteiger partial charge is 0.375 e. The molecule has 20 heavy (non-hydrogen) atoms. The van der Waals surface area contributed by atoms with Gasteiger partial charge in [0, 0.05) is 25.2 Å². The number of rotatable bonds is 5. The second-order valence-electron chi connectivity index (χ2n) is 7.63. The maximum absolute atomic E-state index is 6.00. The van der Waals surface area contributed by atoms with Crippen LogP contribution in [0.1, 0.15) is 59.8 Å². The van der Waals surface area contributed by atoms with E-state index in [1.165, 1.54) is 38.6 Å². The zero-order valence-corrected chi connectivity index (χ0v) is 14.0. The summed E-state index contributed by atoms with van der Waals surface area (Å²) in [5.41, 5.74) is 0.317. The van der Waals surface area contributed by atoms with Crippen LogP contribution >= 0.6 is 0 Å². The third kappa shape index (κ3) is 4.19. The molecule has 3 atom stereocenters. The minimum atomic E-state index is 0.317. The minimum absolute atomic E-state index is 0.317. The number of nitrogens with one attached hydrogen (secondary N) is 1. The van der Waals surface area contributed by atoms with Crippen molar-refractivity contribution < 1.29 is 4.74 Å². The molecule has 1 saturated heterocycles. The first kappa shape index (κ1) is 16.3. The van der Waals surface area contributed by atoms with Crippen LogP contribution in [0.4, 0.5) is 0 Å². The lowest BCUT2D eigenvalue weighted by Gasteiger charge is -2.46. The first-order valence-electron chi connectivity index (χ1n) is 8.61. The van der Waals surface area contributed by atoms with Gasteiger partial charge in [-0.3, -0.25) is 4.90 Å². The lowest BCUT2D eigenvalue weighted by molar-refractivity contribution is -0.0930. The maximum atomic E-state index is 6.00. The summed E-state index contributed by atoms with van der Waals surface area (Å²) in [6, 6.07) is 1.24. The molecule has 1 aliphatic carbocycles. The third-order valence-electron chi connectivity index (χ3n) is 4.95.